The minimum atomic E-state index is -0.573. The summed E-state index contributed by atoms with van der Waals surface area (Å²) >= 11 is 6.13. The maximum Gasteiger partial charge on any atom is 0.133 e. The Hall–Kier alpha value is -1.04. The van der Waals surface area contributed by atoms with Crippen LogP contribution in [0.2, 0.25) is 5.02 Å². The monoisotopic (exact) mass is 220 g/mol. The van der Waals surface area contributed by atoms with Gasteiger partial charge in [-0.3, -0.25) is 5.32 Å². The van der Waals surface area contributed by atoms with Gasteiger partial charge in [0, 0.05) is 10.6 Å². The third-order valence-corrected chi connectivity index (χ3v) is 3.26. The molecular weight excluding hydrogens is 208 g/mol. The summed E-state index contributed by atoms with van der Waals surface area (Å²) in [4.78, 5) is 0. The van der Waals surface area contributed by atoms with Crippen molar-refractivity contribution < 1.29 is 0 Å². The summed E-state index contributed by atoms with van der Waals surface area (Å²) in [5.74, 6) is 0. The molecule has 1 aromatic carbocycles. The maximum atomic E-state index is 9.35. The third kappa shape index (κ3) is 1.86. The van der Waals surface area contributed by atoms with Crippen LogP contribution in [0, 0.1) is 11.3 Å². The van der Waals surface area contributed by atoms with Crippen LogP contribution < -0.4 is 5.32 Å². The van der Waals surface area contributed by atoms with Crippen molar-refractivity contribution in [2.45, 2.75) is 24.8 Å². The van der Waals surface area contributed by atoms with Crippen LogP contribution in [0.15, 0.2) is 24.3 Å². The second-order valence-electron chi connectivity index (χ2n) is 3.88. The predicted molar refractivity (Wildman–Crippen MR) is 60.6 cm³/mol. The number of halogens is 1. The molecular formula is C12H13ClN2. The number of nitriles is 1. The van der Waals surface area contributed by atoms with Gasteiger partial charge in [0.05, 0.1) is 6.07 Å². The van der Waals surface area contributed by atoms with E-state index < -0.39 is 5.54 Å². The van der Waals surface area contributed by atoms with Gasteiger partial charge < -0.3 is 0 Å². The first-order valence-electron chi connectivity index (χ1n) is 5.20. The van der Waals surface area contributed by atoms with Crippen molar-refractivity contribution in [3.8, 4) is 6.07 Å². The summed E-state index contributed by atoms with van der Waals surface area (Å²) in [7, 11) is 0. The number of hydrogen-bond acceptors (Lipinski definition) is 2. The first-order chi connectivity index (χ1) is 7.28. The summed E-state index contributed by atoms with van der Waals surface area (Å²) in [5.41, 5.74) is 0.338. The van der Waals surface area contributed by atoms with Gasteiger partial charge in [-0.05, 0) is 31.9 Å². The molecule has 2 nitrogen and oxygen atoms in total. The third-order valence-electron chi connectivity index (χ3n) is 2.93. The highest BCUT2D eigenvalue weighted by atomic mass is 35.5. The molecule has 1 aliphatic rings. The van der Waals surface area contributed by atoms with Crippen LogP contribution >= 0.6 is 11.6 Å². The van der Waals surface area contributed by atoms with Gasteiger partial charge in [0.25, 0.3) is 0 Å². The minimum Gasteiger partial charge on any atom is -0.296 e. The van der Waals surface area contributed by atoms with Gasteiger partial charge in [-0.1, -0.05) is 29.8 Å². The lowest BCUT2D eigenvalue weighted by atomic mass is 9.83. The summed E-state index contributed by atoms with van der Waals surface area (Å²) in [5, 5.41) is 13.3. The fourth-order valence-corrected chi connectivity index (χ4v) is 2.40. The Morgan fingerprint density at radius 3 is 2.73 bits per heavy atom. The van der Waals surface area contributed by atoms with Crippen molar-refractivity contribution in [3.63, 3.8) is 0 Å². The van der Waals surface area contributed by atoms with Gasteiger partial charge in [0.2, 0.25) is 0 Å². The van der Waals surface area contributed by atoms with Gasteiger partial charge in [-0.15, -0.1) is 0 Å². The van der Waals surface area contributed by atoms with Crippen LogP contribution in [0.1, 0.15) is 24.8 Å². The zero-order valence-electron chi connectivity index (χ0n) is 8.46. The Labute approximate surface area is 94.9 Å². The summed E-state index contributed by atoms with van der Waals surface area (Å²) in [6.07, 6.45) is 3.05. The number of piperidine rings is 1. The molecule has 1 N–H and O–H groups in total. The van der Waals surface area contributed by atoms with Crippen LogP contribution in [0.5, 0.6) is 0 Å². The SMILES string of the molecule is N#CC1(c2ccccc2Cl)CCCCN1. The van der Waals surface area contributed by atoms with Crippen molar-refractivity contribution in [1.82, 2.24) is 5.32 Å². The van der Waals surface area contributed by atoms with E-state index in [1.807, 2.05) is 24.3 Å². The van der Waals surface area contributed by atoms with Crippen molar-refractivity contribution in [2.75, 3.05) is 6.54 Å². The van der Waals surface area contributed by atoms with Crippen molar-refractivity contribution >= 4 is 11.6 Å². The molecule has 1 atom stereocenters. The van der Waals surface area contributed by atoms with Crippen LogP contribution in [0.3, 0.4) is 0 Å². The van der Waals surface area contributed by atoms with Crippen molar-refractivity contribution in [1.29, 1.82) is 5.26 Å². The average molecular weight is 221 g/mol. The highest BCUT2D eigenvalue weighted by Gasteiger charge is 2.35. The standard InChI is InChI=1S/C12H13ClN2/c13-11-6-2-1-5-10(11)12(9-14)7-3-4-8-15-12/h1-2,5-6,15H,3-4,7-8H2. The molecule has 1 aromatic rings. The quantitative estimate of drug-likeness (QED) is 0.790. The van der Waals surface area contributed by atoms with Crippen LogP contribution in [0.25, 0.3) is 0 Å². The normalized spacial score (nSPS) is 25.9. The van der Waals surface area contributed by atoms with Gasteiger partial charge in [-0.25, -0.2) is 0 Å². The van der Waals surface area contributed by atoms with Gasteiger partial charge in [-0.2, -0.15) is 5.26 Å². The average Bonchev–Trinajstić information content (AvgIpc) is 2.30. The Morgan fingerprint density at radius 2 is 2.13 bits per heavy atom. The summed E-state index contributed by atoms with van der Waals surface area (Å²) in [6.45, 7) is 0.888. The van der Waals surface area contributed by atoms with E-state index in [2.05, 4.69) is 11.4 Å². The van der Waals surface area contributed by atoms with E-state index in [0.717, 1.165) is 31.4 Å². The van der Waals surface area contributed by atoms with Crippen molar-refractivity contribution in [3.05, 3.63) is 34.9 Å². The fraction of sp³-hybridized carbons (Fsp3) is 0.417. The largest absolute Gasteiger partial charge is 0.296 e. The lowest BCUT2D eigenvalue weighted by Crippen LogP contribution is -2.44. The van der Waals surface area contributed by atoms with Crippen LogP contribution in [0.4, 0.5) is 0 Å². The molecule has 15 heavy (non-hydrogen) atoms. The topological polar surface area (TPSA) is 35.8 Å². The lowest BCUT2D eigenvalue weighted by molar-refractivity contribution is 0.331. The second kappa shape index (κ2) is 4.22. The maximum absolute atomic E-state index is 9.35. The minimum absolute atomic E-state index is 0.573. The molecule has 1 heterocycles. The molecule has 78 valence electrons. The van der Waals surface area contributed by atoms with E-state index in [1.165, 1.54) is 0 Å². The molecule has 1 saturated heterocycles. The molecule has 0 saturated carbocycles. The van der Waals surface area contributed by atoms with Gasteiger partial charge in [0.1, 0.15) is 5.54 Å². The summed E-state index contributed by atoms with van der Waals surface area (Å²) < 4.78 is 0. The zero-order valence-corrected chi connectivity index (χ0v) is 9.22. The van der Waals surface area contributed by atoms with E-state index >= 15 is 0 Å². The Balaban J connectivity index is 2.42. The first-order valence-corrected chi connectivity index (χ1v) is 5.58. The van der Waals surface area contributed by atoms with E-state index in [-0.39, 0.29) is 0 Å². The molecule has 0 aromatic heterocycles. The molecule has 1 unspecified atom stereocenters. The summed E-state index contributed by atoms with van der Waals surface area (Å²) in [6, 6.07) is 9.97. The highest BCUT2D eigenvalue weighted by Crippen LogP contribution is 2.33. The predicted octanol–water partition coefficient (Wildman–Crippen LogP) is 2.83. The Morgan fingerprint density at radius 1 is 1.33 bits per heavy atom. The second-order valence-corrected chi connectivity index (χ2v) is 4.29. The highest BCUT2D eigenvalue weighted by molar-refractivity contribution is 6.31. The number of nitrogens with zero attached hydrogens (tertiary/aromatic N) is 1. The molecule has 0 amide bonds. The molecule has 0 spiro atoms. The molecule has 3 heteroatoms. The zero-order chi connectivity index (χ0) is 10.7. The first kappa shape index (κ1) is 10.5. The number of rotatable bonds is 1. The Bertz CT molecular complexity index is 389. The van der Waals surface area contributed by atoms with Crippen LogP contribution in [-0.4, -0.2) is 6.54 Å². The smallest absolute Gasteiger partial charge is 0.133 e. The lowest BCUT2D eigenvalue weighted by Gasteiger charge is -2.33. The molecule has 2 rings (SSSR count). The molecule has 1 aliphatic heterocycles. The molecule has 0 bridgehead atoms. The van der Waals surface area contributed by atoms with Crippen LogP contribution in [-0.2, 0) is 5.54 Å². The molecule has 1 fully saturated rings. The van der Waals surface area contributed by atoms with E-state index in [0.29, 0.717) is 5.02 Å². The van der Waals surface area contributed by atoms with E-state index in [9.17, 15) is 5.26 Å². The number of hydrogen-bond donors (Lipinski definition) is 1. The van der Waals surface area contributed by atoms with Crippen molar-refractivity contribution in [2.24, 2.45) is 0 Å². The Kier molecular flexibility index (Phi) is 2.95. The van der Waals surface area contributed by atoms with E-state index in [1.54, 1.807) is 0 Å². The molecule has 0 radical (unpaired) electrons. The molecule has 0 aliphatic carbocycles. The van der Waals surface area contributed by atoms with Gasteiger partial charge >= 0.3 is 0 Å². The number of benzene rings is 1. The number of nitrogens with one attached hydrogen (secondary N) is 1. The van der Waals surface area contributed by atoms with E-state index in [4.69, 9.17) is 11.6 Å². The van der Waals surface area contributed by atoms with Gasteiger partial charge in [0.15, 0.2) is 0 Å². The fourth-order valence-electron chi connectivity index (χ4n) is 2.10.